The van der Waals surface area contributed by atoms with Crippen LogP contribution in [0.3, 0.4) is 0 Å². The highest BCUT2D eigenvalue weighted by molar-refractivity contribution is 7.98. The third-order valence-corrected chi connectivity index (χ3v) is 5.36. The number of amides is 2. The standard InChI is InChI=1S/C13H13FN4OS2/c1-8-10(14)4-5-11(18-13(19)15-16-17-18)12(8)21-7-9-3-2-6-20-9/h2-6,16-17H,7H2,1H3,(H,15,19). The lowest BCUT2D eigenvalue weighted by Crippen LogP contribution is -2.38. The highest BCUT2D eigenvalue weighted by Gasteiger charge is 2.25. The second-order valence-electron chi connectivity index (χ2n) is 4.39. The third-order valence-electron chi connectivity index (χ3n) is 3.04. The summed E-state index contributed by atoms with van der Waals surface area (Å²) in [6, 6.07) is 6.65. The first kappa shape index (κ1) is 14.3. The molecule has 8 heteroatoms. The van der Waals surface area contributed by atoms with Gasteiger partial charge in [0.1, 0.15) is 5.82 Å². The van der Waals surface area contributed by atoms with Crippen LogP contribution in [0, 0.1) is 12.7 Å². The summed E-state index contributed by atoms with van der Waals surface area (Å²) in [7, 11) is 0. The van der Waals surface area contributed by atoms with Crippen molar-refractivity contribution in [3.8, 4) is 0 Å². The fourth-order valence-electron chi connectivity index (χ4n) is 1.96. The molecular formula is C13H13FN4OS2. The Morgan fingerprint density at radius 3 is 2.90 bits per heavy atom. The quantitative estimate of drug-likeness (QED) is 0.757. The van der Waals surface area contributed by atoms with Crippen molar-refractivity contribution in [3.63, 3.8) is 0 Å². The average Bonchev–Trinajstić information content (AvgIpc) is 3.12. The summed E-state index contributed by atoms with van der Waals surface area (Å²) in [5, 5.41) is 3.33. The van der Waals surface area contributed by atoms with Gasteiger partial charge in [-0.1, -0.05) is 6.07 Å². The van der Waals surface area contributed by atoms with E-state index in [2.05, 4.69) is 16.5 Å². The van der Waals surface area contributed by atoms with Crippen molar-refractivity contribution in [3.05, 3.63) is 45.9 Å². The summed E-state index contributed by atoms with van der Waals surface area (Å²) in [4.78, 5) is 13.7. The van der Waals surface area contributed by atoms with Crippen LogP contribution in [0.5, 0.6) is 0 Å². The van der Waals surface area contributed by atoms with Crippen LogP contribution >= 0.6 is 23.1 Å². The van der Waals surface area contributed by atoms with E-state index in [9.17, 15) is 9.18 Å². The summed E-state index contributed by atoms with van der Waals surface area (Å²) in [5.41, 5.74) is 8.80. The zero-order chi connectivity index (χ0) is 14.8. The number of hydrazine groups is 3. The zero-order valence-electron chi connectivity index (χ0n) is 11.1. The number of hydrogen-bond acceptors (Lipinski definition) is 5. The molecule has 5 nitrogen and oxygen atoms in total. The van der Waals surface area contributed by atoms with Gasteiger partial charge < -0.3 is 0 Å². The molecule has 1 aliphatic rings. The van der Waals surface area contributed by atoms with E-state index >= 15 is 0 Å². The Hall–Kier alpha value is -1.61. The van der Waals surface area contributed by atoms with Crippen LogP contribution in [0.4, 0.5) is 14.9 Å². The molecular weight excluding hydrogens is 311 g/mol. The molecule has 2 aromatic rings. The van der Waals surface area contributed by atoms with E-state index in [-0.39, 0.29) is 11.8 Å². The molecule has 0 radical (unpaired) electrons. The SMILES string of the molecule is Cc1c(F)ccc(N2NNNC2=O)c1SCc1cccs1. The van der Waals surface area contributed by atoms with Gasteiger partial charge >= 0.3 is 6.03 Å². The van der Waals surface area contributed by atoms with Crippen LogP contribution in [0.2, 0.25) is 0 Å². The molecule has 1 saturated heterocycles. The Labute approximate surface area is 129 Å². The molecule has 1 aliphatic heterocycles. The molecule has 0 spiro atoms. The minimum Gasteiger partial charge on any atom is -0.257 e. The van der Waals surface area contributed by atoms with Crippen molar-refractivity contribution in [1.29, 1.82) is 0 Å². The molecule has 3 N–H and O–H groups in total. The number of thiophene rings is 1. The monoisotopic (exact) mass is 324 g/mol. The topological polar surface area (TPSA) is 56.4 Å². The first-order chi connectivity index (χ1) is 10.2. The number of nitrogens with zero attached hydrogens (tertiary/aromatic N) is 1. The number of anilines is 1. The van der Waals surface area contributed by atoms with E-state index in [0.29, 0.717) is 11.3 Å². The molecule has 1 aromatic heterocycles. The number of rotatable bonds is 4. The van der Waals surface area contributed by atoms with Crippen molar-refractivity contribution in [2.24, 2.45) is 0 Å². The molecule has 0 aliphatic carbocycles. The fraction of sp³-hybridized carbons (Fsp3) is 0.154. The summed E-state index contributed by atoms with van der Waals surface area (Å²) >= 11 is 3.17. The number of hydrogen-bond donors (Lipinski definition) is 3. The number of benzene rings is 1. The summed E-state index contributed by atoms with van der Waals surface area (Å²) in [6.07, 6.45) is 0. The van der Waals surface area contributed by atoms with E-state index in [4.69, 9.17) is 0 Å². The van der Waals surface area contributed by atoms with Gasteiger partial charge in [-0.3, -0.25) is 5.43 Å². The lowest BCUT2D eigenvalue weighted by molar-refractivity contribution is 0.250. The van der Waals surface area contributed by atoms with Gasteiger partial charge in [0.25, 0.3) is 0 Å². The summed E-state index contributed by atoms with van der Waals surface area (Å²) in [6.45, 7) is 1.72. The molecule has 2 amide bonds. The van der Waals surface area contributed by atoms with Crippen molar-refractivity contribution in [2.75, 3.05) is 5.01 Å². The maximum absolute atomic E-state index is 13.8. The number of carbonyl (C=O) groups is 1. The molecule has 110 valence electrons. The van der Waals surface area contributed by atoms with Crippen molar-refractivity contribution in [2.45, 2.75) is 17.6 Å². The molecule has 21 heavy (non-hydrogen) atoms. The van der Waals surface area contributed by atoms with Gasteiger partial charge in [-0.2, -0.15) is 0 Å². The summed E-state index contributed by atoms with van der Waals surface area (Å²) in [5.74, 6) is 0.456. The van der Waals surface area contributed by atoms with Crippen LogP contribution in [-0.2, 0) is 5.75 Å². The van der Waals surface area contributed by atoms with Crippen LogP contribution in [0.15, 0.2) is 34.5 Å². The number of nitrogens with one attached hydrogen (secondary N) is 3. The highest BCUT2D eigenvalue weighted by Crippen LogP contribution is 2.36. The van der Waals surface area contributed by atoms with Crippen LogP contribution in [0.25, 0.3) is 0 Å². The smallest absolute Gasteiger partial charge is 0.257 e. The van der Waals surface area contributed by atoms with Crippen LogP contribution in [0.1, 0.15) is 10.4 Å². The second kappa shape index (κ2) is 6.02. The average molecular weight is 324 g/mol. The molecule has 1 fully saturated rings. The Morgan fingerprint density at radius 2 is 2.24 bits per heavy atom. The fourth-order valence-corrected chi connectivity index (χ4v) is 3.91. The van der Waals surface area contributed by atoms with Crippen molar-refractivity contribution >= 4 is 34.8 Å². The number of urea groups is 1. The number of halogens is 1. The summed E-state index contributed by atoms with van der Waals surface area (Å²) < 4.78 is 13.8. The van der Waals surface area contributed by atoms with E-state index in [0.717, 1.165) is 10.6 Å². The maximum Gasteiger partial charge on any atom is 0.353 e. The largest absolute Gasteiger partial charge is 0.353 e. The molecule has 3 rings (SSSR count). The van der Waals surface area contributed by atoms with E-state index in [1.165, 1.54) is 27.7 Å². The zero-order valence-corrected chi connectivity index (χ0v) is 12.8. The Morgan fingerprint density at radius 1 is 1.38 bits per heavy atom. The van der Waals surface area contributed by atoms with Gasteiger partial charge in [0.05, 0.1) is 5.69 Å². The molecule has 2 heterocycles. The van der Waals surface area contributed by atoms with Gasteiger partial charge in [0.2, 0.25) is 0 Å². The molecule has 0 unspecified atom stereocenters. The predicted molar refractivity (Wildman–Crippen MR) is 82.3 cm³/mol. The van der Waals surface area contributed by atoms with Crippen LogP contribution < -0.4 is 21.5 Å². The first-order valence-corrected chi connectivity index (χ1v) is 8.08. The van der Waals surface area contributed by atoms with Gasteiger partial charge in [-0.25, -0.2) is 14.2 Å². The van der Waals surface area contributed by atoms with Crippen molar-refractivity contribution in [1.82, 2.24) is 16.5 Å². The maximum atomic E-state index is 13.8. The van der Waals surface area contributed by atoms with Gasteiger partial charge in [0.15, 0.2) is 0 Å². The van der Waals surface area contributed by atoms with E-state index in [1.54, 1.807) is 24.3 Å². The third kappa shape index (κ3) is 2.88. The van der Waals surface area contributed by atoms with E-state index < -0.39 is 0 Å². The van der Waals surface area contributed by atoms with Gasteiger partial charge in [-0.15, -0.1) is 34.2 Å². The lowest BCUT2D eigenvalue weighted by atomic mass is 10.2. The Bertz CT molecular complexity index is 662. The van der Waals surface area contributed by atoms with Crippen LogP contribution in [-0.4, -0.2) is 6.03 Å². The molecule has 0 bridgehead atoms. The van der Waals surface area contributed by atoms with Crippen molar-refractivity contribution < 1.29 is 9.18 Å². The Kier molecular flexibility index (Phi) is 4.11. The second-order valence-corrected chi connectivity index (χ2v) is 6.41. The lowest BCUT2D eigenvalue weighted by Gasteiger charge is -2.19. The predicted octanol–water partition coefficient (Wildman–Crippen LogP) is 2.94. The molecule has 0 atom stereocenters. The number of thioether (sulfide) groups is 1. The minimum atomic E-state index is -0.334. The Balaban J connectivity index is 1.92. The molecule has 0 saturated carbocycles. The highest BCUT2D eigenvalue weighted by atomic mass is 32.2. The molecule has 1 aromatic carbocycles. The first-order valence-electron chi connectivity index (χ1n) is 6.22. The van der Waals surface area contributed by atoms with Gasteiger partial charge in [-0.05, 0) is 30.5 Å². The number of carbonyl (C=O) groups excluding carboxylic acids is 1. The normalized spacial score (nSPS) is 14.6. The van der Waals surface area contributed by atoms with Gasteiger partial charge in [0, 0.05) is 21.1 Å². The van der Waals surface area contributed by atoms with E-state index in [1.807, 2.05) is 17.5 Å². The minimum absolute atomic E-state index is 0.278.